The molecular weight excluding hydrogens is 202 g/mol. The third-order valence-corrected chi connectivity index (χ3v) is 3.66. The Kier molecular flexibility index (Phi) is 5.73. The van der Waals surface area contributed by atoms with Crippen molar-refractivity contribution in [1.29, 1.82) is 0 Å². The zero-order valence-electron chi connectivity index (χ0n) is 11.0. The van der Waals surface area contributed by atoms with Crippen LogP contribution in [0.2, 0.25) is 0 Å². The molecule has 0 amide bonds. The Bertz CT molecular complexity index is 198. The predicted molar refractivity (Wildman–Crippen MR) is 66.6 cm³/mol. The van der Waals surface area contributed by atoms with E-state index in [4.69, 9.17) is 4.74 Å². The molecule has 1 aliphatic heterocycles. The Balaban J connectivity index is 2.17. The molecule has 1 saturated heterocycles. The van der Waals surface area contributed by atoms with E-state index in [9.17, 15) is 5.11 Å². The zero-order chi connectivity index (χ0) is 12.0. The first-order valence-electron chi connectivity index (χ1n) is 6.66. The van der Waals surface area contributed by atoms with Crippen molar-refractivity contribution in [3.05, 3.63) is 0 Å². The van der Waals surface area contributed by atoms with Crippen LogP contribution in [-0.2, 0) is 4.74 Å². The lowest BCUT2D eigenvalue weighted by atomic mass is 9.96. The average molecular weight is 229 g/mol. The quantitative estimate of drug-likeness (QED) is 0.657. The van der Waals surface area contributed by atoms with Crippen molar-refractivity contribution < 1.29 is 9.84 Å². The first kappa shape index (κ1) is 13.9. The van der Waals surface area contributed by atoms with Crippen LogP contribution in [0.15, 0.2) is 0 Å². The van der Waals surface area contributed by atoms with Crippen LogP contribution in [0.25, 0.3) is 0 Å². The van der Waals surface area contributed by atoms with E-state index in [2.05, 4.69) is 19.2 Å². The van der Waals surface area contributed by atoms with E-state index in [1.54, 1.807) is 0 Å². The Morgan fingerprint density at radius 3 is 2.81 bits per heavy atom. The van der Waals surface area contributed by atoms with Gasteiger partial charge in [0, 0.05) is 25.6 Å². The highest BCUT2D eigenvalue weighted by Crippen LogP contribution is 2.24. The molecule has 1 heterocycles. The fourth-order valence-corrected chi connectivity index (χ4v) is 2.16. The molecule has 0 aromatic carbocycles. The van der Waals surface area contributed by atoms with Crippen LogP contribution in [0.3, 0.4) is 0 Å². The van der Waals surface area contributed by atoms with Gasteiger partial charge in [0.1, 0.15) is 5.60 Å². The summed E-state index contributed by atoms with van der Waals surface area (Å²) in [5.41, 5.74) is -0.654. The van der Waals surface area contributed by atoms with Crippen molar-refractivity contribution in [3.8, 4) is 0 Å². The lowest BCUT2D eigenvalue weighted by Gasteiger charge is -2.28. The van der Waals surface area contributed by atoms with Crippen molar-refractivity contribution in [2.75, 3.05) is 13.2 Å². The van der Waals surface area contributed by atoms with Gasteiger partial charge in [0.25, 0.3) is 0 Å². The summed E-state index contributed by atoms with van der Waals surface area (Å²) in [4.78, 5) is 0. The largest absolute Gasteiger partial charge is 0.386 e. The Hall–Kier alpha value is -0.120. The van der Waals surface area contributed by atoms with E-state index in [1.165, 1.54) is 25.7 Å². The number of ether oxygens (including phenoxy) is 1. The highest BCUT2D eigenvalue weighted by atomic mass is 16.5. The SMILES string of the molecule is CCCCCC(C)NCC1(O)CCOC1C. The maximum atomic E-state index is 10.3. The monoisotopic (exact) mass is 229 g/mol. The van der Waals surface area contributed by atoms with Crippen LogP contribution >= 0.6 is 0 Å². The third kappa shape index (κ3) is 4.04. The van der Waals surface area contributed by atoms with Gasteiger partial charge in [-0.25, -0.2) is 0 Å². The van der Waals surface area contributed by atoms with E-state index in [-0.39, 0.29) is 6.10 Å². The predicted octanol–water partition coefficient (Wildman–Crippen LogP) is 2.08. The summed E-state index contributed by atoms with van der Waals surface area (Å²) >= 11 is 0. The third-order valence-electron chi connectivity index (χ3n) is 3.66. The number of nitrogens with one attached hydrogen (secondary N) is 1. The molecular formula is C13H27NO2. The summed E-state index contributed by atoms with van der Waals surface area (Å²) in [6, 6.07) is 0.489. The van der Waals surface area contributed by atoms with Crippen LogP contribution in [0, 0.1) is 0 Å². The van der Waals surface area contributed by atoms with E-state index >= 15 is 0 Å². The Morgan fingerprint density at radius 1 is 1.50 bits per heavy atom. The van der Waals surface area contributed by atoms with Crippen molar-refractivity contribution in [1.82, 2.24) is 5.32 Å². The first-order valence-corrected chi connectivity index (χ1v) is 6.66. The van der Waals surface area contributed by atoms with Gasteiger partial charge < -0.3 is 15.2 Å². The van der Waals surface area contributed by atoms with Crippen molar-refractivity contribution in [2.24, 2.45) is 0 Å². The molecule has 16 heavy (non-hydrogen) atoms. The van der Waals surface area contributed by atoms with Crippen molar-refractivity contribution in [2.45, 2.75) is 70.6 Å². The molecule has 0 radical (unpaired) electrons. The second kappa shape index (κ2) is 6.58. The molecule has 0 aromatic rings. The summed E-state index contributed by atoms with van der Waals surface area (Å²) < 4.78 is 5.41. The lowest BCUT2D eigenvalue weighted by Crippen LogP contribution is -2.48. The molecule has 0 saturated carbocycles. The maximum Gasteiger partial charge on any atom is 0.105 e. The molecule has 2 N–H and O–H groups in total. The van der Waals surface area contributed by atoms with Gasteiger partial charge in [-0.2, -0.15) is 0 Å². The van der Waals surface area contributed by atoms with Crippen LogP contribution in [0.5, 0.6) is 0 Å². The minimum absolute atomic E-state index is 0.0390. The summed E-state index contributed by atoms with van der Waals surface area (Å²) in [6.07, 6.45) is 5.75. The molecule has 3 unspecified atom stereocenters. The average Bonchev–Trinajstić information content (AvgIpc) is 2.58. The van der Waals surface area contributed by atoms with E-state index < -0.39 is 5.60 Å². The van der Waals surface area contributed by atoms with Crippen LogP contribution < -0.4 is 5.32 Å². The van der Waals surface area contributed by atoms with E-state index in [0.717, 1.165) is 6.42 Å². The normalized spacial score (nSPS) is 31.9. The van der Waals surface area contributed by atoms with Crippen LogP contribution in [-0.4, -0.2) is 36.0 Å². The summed E-state index contributed by atoms with van der Waals surface area (Å²) in [5, 5.41) is 13.7. The molecule has 3 atom stereocenters. The van der Waals surface area contributed by atoms with Gasteiger partial charge >= 0.3 is 0 Å². The lowest BCUT2D eigenvalue weighted by molar-refractivity contribution is -0.0275. The number of unbranched alkanes of at least 4 members (excludes halogenated alkanes) is 2. The molecule has 3 heteroatoms. The highest BCUT2D eigenvalue weighted by Gasteiger charge is 2.39. The van der Waals surface area contributed by atoms with Crippen molar-refractivity contribution >= 4 is 0 Å². The molecule has 1 fully saturated rings. The minimum atomic E-state index is -0.654. The highest BCUT2D eigenvalue weighted by molar-refractivity contribution is 4.92. The molecule has 0 spiro atoms. The standard InChI is InChI=1S/C13H27NO2/c1-4-5-6-7-11(2)14-10-13(15)8-9-16-12(13)3/h11-12,14-15H,4-10H2,1-3H3. The smallest absolute Gasteiger partial charge is 0.105 e. The molecule has 96 valence electrons. The molecule has 1 aliphatic rings. The topological polar surface area (TPSA) is 41.5 Å². The van der Waals surface area contributed by atoms with Gasteiger partial charge in [0.05, 0.1) is 6.10 Å². The summed E-state index contributed by atoms with van der Waals surface area (Å²) in [5.74, 6) is 0. The number of hydrogen-bond acceptors (Lipinski definition) is 3. The van der Waals surface area contributed by atoms with Crippen molar-refractivity contribution in [3.63, 3.8) is 0 Å². The van der Waals surface area contributed by atoms with E-state index in [0.29, 0.717) is 19.2 Å². The molecule has 1 rings (SSSR count). The van der Waals surface area contributed by atoms with Crippen LogP contribution in [0.1, 0.15) is 52.9 Å². The Morgan fingerprint density at radius 2 is 2.25 bits per heavy atom. The number of rotatable bonds is 7. The summed E-state index contributed by atoms with van der Waals surface area (Å²) in [6.45, 7) is 7.71. The summed E-state index contributed by atoms with van der Waals surface area (Å²) in [7, 11) is 0. The molecule has 3 nitrogen and oxygen atoms in total. The first-order chi connectivity index (χ1) is 7.58. The minimum Gasteiger partial charge on any atom is -0.386 e. The fraction of sp³-hybridized carbons (Fsp3) is 1.00. The van der Waals surface area contributed by atoms with Crippen LogP contribution in [0.4, 0.5) is 0 Å². The van der Waals surface area contributed by atoms with Gasteiger partial charge in [-0.3, -0.25) is 0 Å². The van der Waals surface area contributed by atoms with Gasteiger partial charge in [-0.05, 0) is 20.3 Å². The number of aliphatic hydroxyl groups is 1. The molecule has 0 aromatic heterocycles. The van der Waals surface area contributed by atoms with Gasteiger partial charge in [-0.15, -0.1) is 0 Å². The zero-order valence-corrected chi connectivity index (χ0v) is 11.0. The Labute approximate surface area is 99.6 Å². The van der Waals surface area contributed by atoms with Gasteiger partial charge in [0.2, 0.25) is 0 Å². The second-order valence-corrected chi connectivity index (χ2v) is 5.14. The fourth-order valence-electron chi connectivity index (χ4n) is 2.16. The van der Waals surface area contributed by atoms with E-state index in [1.807, 2.05) is 6.92 Å². The second-order valence-electron chi connectivity index (χ2n) is 5.14. The van der Waals surface area contributed by atoms with Gasteiger partial charge in [0.15, 0.2) is 0 Å². The number of hydrogen-bond donors (Lipinski definition) is 2. The molecule has 0 bridgehead atoms. The van der Waals surface area contributed by atoms with Gasteiger partial charge in [-0.1, -0.05) is 26.2 Å². The molecule has 0 aliphatic carbocycles. The maximum absolute atomic E-state index is 10.3.